The molecule has 14 heavy (non-hydrogen) atoms. The van der Waals surface area contributed by atoms with E-state index >= 15 is 0 Å². The van der Waals surface area contributed by atoms with Crippen molar-refractivity contribution in [1.82, 2.24) is 5.32 Å². The van der Waals surface area contributed by atoms with Gasteiger partial charge in [-0.2, -0.15) is 0 Å². The van der Waals surface area contributed by atoms with Gasteiger partial charge in [-0.25, -0.2) is 4.79 Å². The number of carbonyl (C=O) groups excluding carboxylic acids is 1. The molecule has 1 aromatic rings. The number of aryl methyl sites for hydroxylation is 1. The average molecular weight is 191 g/mol. The zero-order valence-electron chi connectivity index (χ0n) is 8.12. The van der Waals surface area contributed by atoms with Gasteiger partial charge in [-0.15, -0.1) is 0 Å². The molecular formula is C11H13NO2. The minimum Gasteiger partial charge on any atom is -0.449 e. The highest BCUT2D eigenvalue weighted by Crippen LogP contribution is 2.18. The lowest BCUT2D eigenvalue weighted by molar-refractivity contribution is 0.120. The van der Waals surface area contributed by atoms with Gasteiger partial charge in [0.25, 0.3) is 0 Å². The van der Waals surface area contributed by atoms with Crippen molar-refractivity contribution in [2.24, 2.45) is 0 Å². The third kappa shape index (κ3) is 1.87. The molecule has 1 aliphatic rings. The number of carbonyl (C=O) groups is 1. The summed E-state index contributed by atoms with van der Waals surface area (Å²) in [6.07, 6.45) is -0.311. The summed E-state index contributed by atoms with van der Waals surface area (Å²) in [4.78, 5) is 10.8. The molecule has 1 fully saturated rings. The van der Waals surface area contributed by atoms with Gasteiger partial charge in [0.2, 0.25) is 0 Å². The van der Waals surface area contributed by atoms with Gasteiger partial charge < -0.3 is 10.1 Å². The lowest BCUT2D eigenvalue weighted by atomic mass is 9.98. The van der Waals surface area contributed by atoms with Gasteiger partial charge in [-0.05, 0) is 12.5 Å². The molecule has 1 unspecified atom stereocenters. The largest absolute Gasteiger partial charge is 0.449 e. The Bertz CT molecular complexity index is 339. The maximum Gasteiger partial charge on any atom is 0.407 e. The fourth-order valence-corrected chi connectivity index (χ4v) is 1.63. The van der Waals surface area contributed by atoms with E-state index in [1.807, 2.05) is 6.07 Å². The molecule has 0 aliphatic carbocycles. The van der Waals surface area contributed by atoms with Crippen molar-refractivity contribution in [2.45, 2.75) is 12.8 Å². The highest BCUT2D eigenvalue weighted by molar-refractivity contribution is 5.68. The molecule has 1 N–H and O–H groups in total. The van der Waals surface area contributed by atoms with Crippen molar-refractivity contribution in [3.8, 4) is 0 Å². The van der Waals surface area contributed by atoms with Crippen LogP contribution < -0.4 is 5.32 Å². The first-order valence-corrected chi connectivity index (χ1v) is 4.73. The van der Waals surface area contributed by atoms with E-state index in [0.29, 0.717) is 13.2 Å². The highest BCUT2D eigenvalue weighted by atomic mass is 16.6. The van der Waals surface area contributed by atoms with Gasteiger partial charge in [0.05, 0.1) is 0 Å². The Morgan fingerprint density at radius 3 is 3.00 bits per heavy atom. The van der Waals surface area contributed by atoms with E-state index in [1.54, 1.807) is 0 Å². The number of amides is 1. The topological polar surface area (TPSA) is 38.3 Å². The Kier molecular flexibility index (Phi) is 2.39. The summed E-state index contributed by atoms with van der Waals surface area (Å²) in [7, 11) is 0. The molecule has 1 saturated heterocycles. The Hall–Kier alpha value is -1.51. The van der Waals surface area contributed by atoms with Gasteiger partial charge in [0, 0.05) is 12.5 Å². The quantitative estimate of drug-likeness (QED) is 0.735. The third-order valence-electron chi connectivity index (χ3n) is 2.42. The standard InChI is InChI=1S/C11H13NO2/c1-8-3-2-4-9(5-8)10-6-12-11(13)14-7-10/h2-5,10H,6-7H2,1H3,(H,12,13). The molecule has 1 aliphatic heterocycles. The zero-order chi connectivity index (χ0) is 9.97. The Morgan fingerprint density at radius 1 is 1.50 bits per heavy atom. The van der Waals surface area contributed by atoms with Crippen LogP contribution in [-0.4, -0.2) is 19.2 Å². The van der Waals surface area contributed by atoms with Crippen LogP contribution in [0.4, 0.5) is 4.79 Å². The summed E-state index contributed by atoms with van der Waals surface area (Å²) >= 11 is 0. The van der Waals surface area contributed by atoms with Gasteiger partial charge in [0.15, 0.2) is 0 Å². The molecule has 0 spiro atoms. The van der Waals surface area contributed by atoms with E-state index in [9.17, 15) is 4.79 Å². The van der Waals surface area contributed by atoms with E-state index in [2.05, 4.69) is 30.4 Å². The molecule has 1 atom stereocenters. The highest BCUT2D eigenvalue weighted by Gasteiger charge is 2.20. The van der Waals surface area contributed by atoms with Crippen molar-refractivity contribution >= 4 is 6.09 Å². The number of hydrogen-bond donors (Lipinski definition) is 1. The molecule has 1 amide bonds. The molecule has 74 valence electrons. The van der Waals surface area contributed by atoms with Crippen molar-refractivity contribution in [3.05, 3.63) is 35.4 Å². The monoisotopic (exact) mass is 191 g/mol. The van der Waals surface area contributed by atoms with Crippen LogP contribution in [0.5, 0.6) is 0 Å². The number of ether oxygens (including phenoxy) is 1. The van der Waals surface area contributed by atoms with E-state index in [4.69, 9.17) is 4.74 Å². The van der Waals surface area contributed by atoms with Crippen LogP contribution in [0.2, 0.25) is 0 Å². The first kappa shape index (κ1) is 9.06. The lowest BCUT2D eigenvalue weighted by Gasteiger charge is -2.23. The fourth-order valence-electron chi connectivity index (χ4n) is 1.63. The van der Waals surface area contributed by atoms with Crippen LogP contribution in [0.25, 0.3) is 0 Å². The van der Waals surface area contributed by atoms with E-state index < -0.39 is 0 Å². The summed E-state index contributed by atoms with van der Waals surface area (Å²) in [5, 5.41) is 2.69. The molecule has 3 nitrogen and oxygen atoms in total. The second kappa shape index (κ2) is 3.70. The molecule has 3 heteroatoms. The maximum atomic E-state index is 10.8. The smallest absolute Gasteiger partial charge is 0.407 e. The van der Waals surface area contributed by atoms with Crippen LogP contribution in [0.15, 0.2) is 24.3 Å². The number of cyclic esters (lactones) is 1. The van der Waals surface area contributed by atoms with Crippen LogP contribution in [0, 0.1) is 6.92 Å². The maximum absolute atomic E-state index is 10.8. The predicted molar refractivity (Wildman–Crippen MR) is 53.3 cm³/mol. The second-order valence-corrected chi connectivity index (χ2v) is 3.59. The first-order chi connectivity index (χ1) is 6.75. The minimum atomic E-state index is -0.311. The summed E-state index contributed by atoms with van der Waals surface area (Å²) in [6, 6.07) is 8.29. The second-order valence-electron chi connectivity index (χ2n) is 3.59. The molecule has 2 rings (SSSR count). The van der Waals surface area contributed by atoms with Crippen molar-refractivity contribution in [1.29, 1.82) is 0 Å². The first-order valence-electron chi connectivity index (χ1n) is 4.73. The van der Waals surface area contributed by atoms with Crippen LogP contribution in [0.3, 0.4) is 0 Å². The average Bonchev–Trinajstić information content (AvgIpc) is 2.19. The molecular weight excluding hydrogens is 178 g/mol. The Labute approximate surface area is 83.1 Å². The summed E-state index contributed by atoms with van der Waals surface area (Å²) < 4.78 is 4.93. The Morgan fingerprint density at radius 2 is 2.36 bits per heavy atom. The number of nitrogens with one attached hydrogen (secondary N) is 1. The van der Waals surface area contributed by atoms with E-state index in [1.165, 1.54) is 11.1 Å². The normalized spacial score (nSPS) is 21.2. The third-order valence-corrected chi connectivity index (χ3v) is 2.42. The lowest BCUT2D eigenvalue weighted by Crippen LogP contribution is -2.37. The van der Waals surface area contributed by atoms with Crippen LogP contribution in [0.1, 0.15) is 17.0 Å². The molecule has 0 bridgehead atoms. The van der Waals surface area contributed by atoms with Crippen molar-refractivity contribution in [3.63, 3.8) is 0 Å². The summed E-state index contributed by atoms with van der Waals surface area (Å²) in [5.41, 5.74) is 2.46. The SMILES string of the molecule is Cc1cccc(C2CNC(=O)OC2)c1. The number of benzene rings is 1. The van der Waals surface area contributed by atoms with Gasteiger partial charge in [-0.1, -0.05) is 29.8 Å². The molecule has 1 aromatic carbocycles. The van der Waals surface area contributed by atoms with E-state index in [-0.39, 0.29) is 12.0 Å². The zero-order valence-corrected chi connectivity index (χ0v) is 8.12. The van der Waals surface area contributed by atoms with Crippen molar-refractivity contribution < 1.29 is 9.53 Å². The van der Waals surface area contributed by atoms with Gasteiger partial charge in [-0.3, -0.25) is 0 Å². The number of rotatable bonds is 1. The van der Waals surface area contributed by atoms with Gasteiger partial charge in [0.1, 0.15) is 6.61 Å². The van der Waals surface area contributed by atoms with Crippen LogP contribution in [-0.2, 0) is 4.74 Å². The summed E-state index contributed by atoms with van der Waals surface area (Å²) in [5.74, 6) is 0.285. The molecule has 0 radical (unpaired) electrons. The van der Waals surface area contributed by atoms with E-state index in [0.717, 1.165) is 0 Å². The summed E-state index contributed by atoms with van der Waals surface area (Å²) in [6.45, 7) is 3.21. The van der Waals surface area contributed by atoms with Crippen molar-refractivity contribution in [2.75, 3.05) is 13.2 Å². The minimum absolute atomic E-state index is 0.285. The van der Waals surface area contributed by atoms with Crippen LogP contribution >= 0.6 is 0 Å². The van der Waals surface area contributed by atoms with Gasteiger partial charge >= 0.3 is 6.09 Å². The fraction of sp³-hybridized carbons (Fsp3) is 0.364. The predicted octanol–water partition coefficient (Wildman–Crippen LogP) is 1.82. The molecule has 0 saturated carbocycles. The number of hydrogen-bond acceptors (Lipinski definition) is 2. The Balaban J connectivity index is 2.12. The molecule has 1 heterocycles. The number of alkyl carbamates (subject to hydrolysis) is 1. The molecule has 0 aromatic heterocycles.